The van der Waals surface area contributed by atoms with Gasteiger partial charge in [-0.2, -0.15) is 0 Å². The normalized spacial score (nSPS) is 12.6. The Hall–Kier alpha value is -3.43. The van der Waals surface area contributed by atoms with Crippen LogP contribution in [0.25, 0.3) is 11.0 Å². The lowest BCUT2D eigenvalue weighted by atomic mass is 10.2. The van der Waals surface area contributed by atoms with Crippen molar-refractivity contribution in [2.45, 2.75) is 24.5 Å². The van der Waals surface area contributed by atoms with Gasteiger partial charge in [-0.25, -0.2) is 13.1 Å². The Morgan fingerprint density at radius 3 is 2.41 bits per heavy atom. The van der Waals surface area contributed by atoms with E-state index in [9.17, 15) is 13.5 Å². The van der Waals surface area contributed by atoms with E-state index >= 15 is 0 Å². The molecule has 3 aromatic carbocycles. The van der Waals surface area contributed by atoms with Gasteiger partial charge in [0.1, 0.15) is 11.3 Å². The number of methoxy groups -OCH3 is 1. The Bertz CT molecular complexity index is 1300. The summed E-state index contributed by atoms with van der Waals surface area (Å²) in [7, 11) is -2.38. The van der Waals surface area contributed by atoms with E-state index in [1.54, 1.807) is 60.3 Å². The fourth-order valence-electron chi connectivity index (χ4n) is 3.43. The first-order chi connectivity index (χ1) is 15.4. The molecule has 0 unspecified atom stereocenters. The molecule has 9 heteroatoms. The van der Waals surface area contributed by atoms with Crippen molar-refractivity contribution >= 4 is 26.7 Å². The molecular weight excluding hydrogens is 428 g/mol. The van der Waals surface area contributed by atoms with Gasteiger partial charge in [-0.3, -0.25) is 4.31 Å². The van der Waals surface area contributed by atoms with Gasteiger partial charge in [0.05, 0.1) is 42.4 Å². The first-order valence-corrected chi connectivity index (χ1v) is 11.5. The number of benzene rings is 3. The minimum Gasteiger partial charge on any atom is -0.497 e. The van der Waals surface area contributed by atoms with E-state index in [1.165, 1.54) is 4.31 Å². The quantitative estimate of drug-likeness (QED) is 0.441. The molecule has 0 aliphatic carbocycles. The fourth-order valence-corrected chi connectivity index (χ4v) is 4.93. The second-order valence-electron chi connectivity index (χ2n) is 7.46. The van der Waals surface area contributed by atoms with E-state index < -0.39 is 16.1 Å². The summed E-state index contributed by atoms with van der Waals surface area (Å²) in [5.74, 6) is 0.607. The molecule has 1 N–H and O–H groups in total. The van der Waals surface area contributed by atoms with Crippen molar-refractivity contribution in [2.24, 2.45) is 0 Å². The topological polar surface area (TPSA) is 97.6 Å². The van der Waals surface area contributed by atoms with Crippen LogP contribution in [-0.2, 0) is 16.6 Å². The van der Waals surface area contributed by atoms with Crippen molar-refractivity contribution in [3.05, 3.63) is 78.4 Å². The summed E-state index contributed by atoms with van der Waals surface area (Å²) < 4.78 is 35.0. The molecule has 4 aromatic rings. The average Bonchev–Trinajstić information content (AvgIpc) is 3.20. The first kappa shape index (κ1) is 21.8. The highest BCUT2D eigenvalue weighted by Crippen LogP contribution is 2.26. The standard InChI is InChI=1S/C23H24N4O4S/c1-17-7-13-21(14-8-17)32(29,30)27(18-9-11-20(31-2)12-10-18)16-19(28)15-26-23-6-4-3-5-22(23)24-25-26/h3-14,19,28H,15-16H2,1-2H3/t19-/m0/s1. The summed E-state index contributed by atoms with van der Waals surface area (Å²) >= 11 is 0. The number of hydrogen-bond acceptors (Lipinski definition) is 6. The van der Waals surface area contributed by atoms with Crippen molar-refractivity contribution < 1.29 is 18.3 Å². The van der Waals surface area contributed by atoms with Gasteiger partial charge in [-0.05, 0) is 55.5 Å². The highest BCUT2D eigenvalue weighted by molar-refractivity contribution is 7.92. The molecule has 32 heavy (non-hydrogen) atoms. The van der Waals surface area contributed by atoms with Crippen LogP contribution in [0.3, 0.4) is 0 Å². The Morgan fingerprint density at radius 2 is 1.72 bits per heavy atom. The Kier molecular flexibility index (Phi) is 6.11. The van der Waals surface area contributed by atoms with Crippen LogP contribution < -0.4 is 9.04 Å². The average molecular weight is 453 g/mol. The number of rotatable bonds is 8. The molecule has 1 aromatic heterocycles. The lowest BCUT2D eigenvalue weighted by molar-refractivity contribution is 0.159. The number of aryl methyl sites for hydroxylation is 1. The van der Waals surface area contributed by atoms with Crippen LogP contribution in [0.5, 0.6) is 5.75 Å². The Balaban J connectivity index is 1.65. The lowest BCUT2D eigenvalue weighted by Crippen LogP contribution is -2.39. The molecule has 0 radical (unpaired) electrons. The summed E-state index contributed by atoms with van der Waals surface area (Å²) in [6.07, 6.45) is -1.03. The molecule has 0 aliphatic heterocycles. The van der Waals surface area contributed by atoms with Gasteiger partial charge in [0, 0.05) is 0 Å². The van der Waals surface area contributed by atoms with Crippen molar-refractivity contribution in [3.8, 4) is 5.75 Å². The number of anilines is 1. The van der Waals surface area contributed by atoms with E-state index in [0.29, 0.717) is 17.0 Å². The SMILES string of the molecule is COc1ccc(N(C[C@@H](O)Cn2nnc3ccccc32)S(=O)(=O)c2ccc(C)cc2)cc1. The van der Waals surface area contributed by atoms with Crippen LogP contribution in [0, 0.1) is 6.92 Å². The van der Waals surface area contributed by atoms with Crippen LogP contribution >= 0.6 is 0 Å². The largest absolute Gasteiger partial charge is 0.497 e. The van der Waals surface area contributed by atoms with Crippen molar-refractivity contribution in [2.75, 3.05) is 18.0 Å². The molecule has 0 amide bonds. The van der Waals surface area contributed by atoms with Crippen LogP contribution in [-0.4, -0.2) is 48.3 Å². The lowest BCUT2D eigenvalue weighted by Gasteiger charge is -2.27. The molecule has 0 spiro atoms. The molecule has 0 fully saturated rings. The fraction of sp³-hybridized carbons (Fsp3) is 0.217. The summed E-state index contributed by atoms with van der Waals surface area (Å²) in [4.78, 5) is 0.150. The number of sulfonamides is 1. The summed E-state index contributed by atoms with van der Waals surface area (Å²) in [6.45, 7) is 1.83. The molecule has 0 saturated carbocycles. The van der Waals surface area contributed by atoms with E-state index in [-0.39, 0.29) is 18.0 Å². The summed E-state index contributed by atoms with van der Waals surface area (Å²) in [5, 5.41) is 19.0. The van der Waals surface area contributed by atoms with Gasteiger partial charge < -0.3 is 9.84 Å². The molecule has 0 aliphatic rings. The van der Waals surface area contributed by atoms with Gasteiger partial charge in [-0.15, -0.1) is 5.10 Å². The first-order valence-electron chi connectivity index (χ1n) is 10.1. The monoisotopic (exact) mass is 452 g/mol. The maximum atomic E-state index is 13.5. The number of nitrogens with zero attached hydrogens (tertiary/aromatic N) is 4. The summed E-state index contributed by atoms with van der Waals surface area (Å²) in [6, 6.07) is 20.7. The number of hydrogen-bond donors (Lipinski definition) is 1. The molecule has 4 rings (SSSR count). The Labute approximate surface area is 186 Å². The minimum absolute atomic E-state index is 0.0938. The molecule has 1 heterocycles. The van der Waals surface area contributed by atoms with Gasteiger partial charge >= 0.3 is 0 Å². The molecular formula is C23H24N4O4S. The third-order valence-corrected chi connectivity index (χ3v) is 6.96. The molecule has 166 valence electrons. The van der Waals surface area contributed by atoms with E-state index in [0.717, 1.165) is 11.1 Å². The molecule has 0 saturated heterocycles. The zero-order valence-corrected chi connectivity index (χ0v) is 18.6. The third kappa shape index (κ3) is 4.44. The summed E-state index contributed by atoms with van der Waals surface area (Å²) in [5.41, 5.74) is 2.86. The smallest absolute Gasteiger partial charge is 0.264 e. The van der Waals surface area contributed by atoms with Gasteiger partial charge in [0.25, 0.3) is 10.0 Å². The molecule has 1 atom stereocenters. The second kappa shape index (κ2) is 8.97. The number of aliphatic hydroxyl groups is 1. The maximum Gasteiger partial charge on any atom is 0.264 e. The number of aromatic nitrogens is 3. The van der Waals surface area contributed by atoms with Crippen LogP contribution in [0.15, 0.2) is 77.7 Å². The van der Waals surface area contributed by atoms with Gasteiger partial charge in [0.15, 0.2) is 0 Å². The van der Waals surface area contributed by atoms with Gasteiger partial charge in [-0.1, -0.05) is 35.0 Å². The number of ether oxygens (including phenoxy) is 1. The highest BCUT2D eigenvalue weighted by atomic mass is 32.2. The number of aliphatic hydroxyl groups excluding tert-OH is 1. The van der Waals surface area contributed by atoms with Crippen molar-refractivity contribution in [3.63, 3.8) is 0 Å². The molecule has 0 bridgehead atoms. The van der Waals surface area contributed by atoms with Gasteiger partial charge in [0.2, 0.25) is 0 Å². The number of para-hydroxylation sites is 1. The van der Waals surface area contributed by atoms with E-state index in [4.69, 9.17) is 4.74 Å². The van der Waals surface area contributed by atoms with Crippen molar-refractivity contribution in [1.82, 2.24) is 15.0 Å². The third-order valence-electron chi connectivity index (χ3n) is 5.15. The predicted molar refractivity (Wildman–Crippen MR) is 122 cm³/mol. The van der Waals surface area contributed by atoms with Crippen molar-refractivity contribution in [1.29, 1.82) is 0 Å². The van der Waals surface area contributed by atoms with Crippen LogP contribution in [0.1, 0.15) is 5.56 Å². The van der Waals surface area contributed by atoms with Crippen LogP contribution in [0.2, 0.25) is 0 Å². The van der Waals surface area contributed by atoms with E-state index in [2.05, 4.69) is 10.3 Å². The predicted octanol–water partition coefficient (Wildman–Crippen LogP) is 3.00. The second-order valence-corrected chi connectivity index (χ2v) is 9.32. The zero-order chi connectivity index (χ0) is 22.7. The highest BCUT2D eigenvalue weighted by Gasteiger charge is 2.27. The number of fused-ring (bicyclic) bond motifs is 1. The Morgan fingerprint density at radius 1 is 1.03 bits per heavy atom. The van der Waals surface area contributed by atoms with E-state index in [1.807, 2.05) is 31.2 Å². The minimum atomic E-state index is -3.92. The van der Waals surface area contributed by atoms with Crippen LogP contribution in [0.4, 0.5) is 5.69 Å². The molecule has 8 nitrogen and oxygen atoms in total. The maximum absolute atomic E-state index is 13.5. The zero-order valence-electron chi connectivity index (χ0n) is 17.8.